The zero-order valence-corrected chi connectivity index (χ0v) is 18.2. The van der Waals surface area contributed by atoms with E-state index < -0.39 is 16.7 Å². The molecule has 0 unspecified atom stereocenters. The standard InChI is InChI=1S/C26H18N4O5/c31-22-13-17(25(32)29-22)12-15-6-8-18(9-7-15)27-24(16-4-2-1-3-5-16)23-20-14-19(30(34)35)10-11-21(20)28-26(23)33/h1-11,13-14,27H,12H2,(H,28,33)(H,29,31,32). The Kier molecular flexibility index (Phi) is 5.42. The van der Waals surface area contributed by atoms with Crippen molar-refractivity contribution in [2.45, 2.75) is 6.42 Å². The summed E-state index contributed by atoms with van der Waals surface area (Å²) in [6.07, 6.45) is 1.60. The number of carbonyl (C=O) groups is 3. The van der Waals surface area contributed by atoms with E-state index in [1.807, 2.05) is 42.5 Å². The van der Waals surface area contributed by atoms with Crippen molar-refractivity contribution in [2.24, 2.45) is 0 Å². The first-order valence-corrected chi connectivity index (χ1v) is 10.7. The summed E-state index contributed by atoms with van der Waals surface area (Å²) in [5.74, 6) is -1.18. The number of benzene rings is 3. The molecule has 9 heteroatoms. The van der Waals surface area contributed by atoms with Gasteiger partial charge in [-0.15, -0.1) is 0 Å². The summed E-state index contributed by atoms with van der Waals surface area (Å²) in [6.45, 7) is 0. The van der Waals surface area contributed by atoms with Gasteiger partial charge in [0.1, 0.15) is 0 Å². The predicted molar refractivity (Wildman–Crippen MR) is 130 cm³/mol. The SMILES string of the molecule is O=C1C=C(Cc2ccc(NC(=C3C(=O)Nc4ccc([N+](=O)[O-])cc43)c3ccccc3)cc2)C(=O)N1. The van der Waals surface area contributed by atoms with E-state index in [-0.39, 0.29) is 11.6 Å². The molecule has 3 aromatic carbocycles. The van der Waals surface area contributed by atoms with Gasteiger partial charge in [-0.3, -0.25) is 29.8 Å². The first-order valence-electron chi connectivity index (χ1n) is 10.7. The average molecular weight is 466 g/mol. The molecule has 0 bridgehead atoms. The quantitative estimate of drug-likeness (QED) is 0.220. The van der Waals surface area contributed by atoms with Crippen LogP contribution in [0.1, 0.15) is 16.7 Å². The van der Waals surface area contributed by atoms with E-state index in [9.17, 15) is 24.5 Å². The van der Waals surface area contributed by atoms with Crippen molar-refractivity contribution >= 4 is 46.1 Å². The second kappa shape index (κ2) is 8.71. The Morgan fingerprint density at radius 1 is 0.886 bits per heavy atom. The van der Waals surface area contributed by atoms with Crippen LogP contribution in [0.5, 0.6) is 0 Å². The van der Waals surface area contributed by atoms with Crippen LogP contribution < -0.4 is 16.0 Å². The Balaban J connectivity index is 1.52. The van der Waals surface area contributed by atoms with E-state index in [0.717, 1.165) is 11.1 Å². The molecule has 2 aliphatic rings. The monoisotopic (exact) mass is 466 g/mol. The third-order valence-corrected chi connectivity index (χ3v) is 5.72. The number of nitrogens with zero attached hydrogens (tertiary/aromatic N) is 1. The number of non-ortho nitro benzene ring substituents is 1. The molecule has 5 rings (SSSR count). The van der Waals surface area contributed by atoms with Crippen molar-refractivity contribution in [2.75, 3.05) is 10.6 Å². The number of nitrogens with one attached hydrogen (secondary N) is 3. The topological polar surface area (TPSA) is 130 Å². The highest BCUT2D eigenvalue weighted by atomic mass is 16.6. The third-order valence-electron chi connectivity index (χ3n) is 5.72. The molecular formula is C26H18N4O5. The van der Waals surface area contributed by atoms with Gasteiger partial charge in [-0.25, -0.2) is 0 Å². The molecule has 0 radical (unpaired) electrons. The predicted octanol–water partition coefficient (Wildman–Crippen LogP) is 3.65. The minimum atomic E-state index is -0.497. The van der Waals surface area contributed by atoms with Crippen LogP contribution in [0.25, 0.3) is 11.3 Å². The molecule has 0 aromatic heterocycles. The highest BCUT2D eigenvalue weighted by Crippen LogP contribution is 2.39. The summed E-state index contributed by atoms with van der Waals surface area (Å²) in [6, 6.07) is 20.7. The van der Waals surface area contributed by atoms with Crippen LogP contribution in [0.4, 0.5) is 17.1 Å². The number of rotatable bonds is 6. The molecule has 0 fully saturated rings. The normalized spacial score (nSPS) is 15.8. The third kappa shape index (κ3) is 4.30. The van der Waals surface area contributed by atoms with Crippen LogP contribution in [-0.2, 0) is 20.8 Å². The van der Waals surface area contributed by atoms with Crippen molar-refractivity contribution in [3.63, 3.8) is 0 Å². The van der Waals surface area contributed by atoms with Gasteiger partial charge in [0.15, 0.2) is 0 Å². The number of hydrogen-bond donors (Lipinski definition) is 3. The molecular weight excluding hydrogens is 448 g/mol. The molecule has 0 saturated heterocycles. The van der Waals surface area contributed by atoms with Crippen molar-refractivity contribution < 1.29 is 19.3 Å². The minimum absolute atomic E-state index is 0.113. The number of amides is 3. The summed E-state index contributed by atoms with van der Waals surface area (Å²) in [5, 5.41) is 19.6. The van der Waals surface area contributed by atoms with Gasteiger partial charge < -0.3 is 10.6 Å². The maximum absolute atomic E-state index is 13.0. The molecule has 0 saturated carbocycles. The molecule has 9 nitrogen and oxygen atoms in total. The molecule has 172 valence electrons. The molecule has 35 heavy (non-hydrogen) atoms. The maximum atomic E-state index is 13.0. The van der Waals surface area contributed by atoms with Gasteiger partial charge in [0, 0.05) is 47.1 Å². The van der Waals surface area contributed by atoms with Gasteiger partial charge in [-0.1, -0.05) is 42.5 Å². The summed E-state index contributed by atoms with van der Waals surface area (Å²) in [4.78, 5) is 47.0. The molecule has 0 spiro atoms. The van der Waals surface area contributed by atoms with Crippen LogP contribution in [0.3, 0.4) is 0 Å². The van der Waals surface area contributed by atoms with Crippen molar-refractivity contribution in [1.82, 2.24) is 5.32 Å². The fraction of sp³-hybridized carbons (Fsp3) is 0.0385. The second-order valence-corrected chi connectivity index (χ2v) is 8.04. The zero-order chi connectivity index (χ0) is 24.5. The van der Waals surface area contributed by atoms with Crippen molar-refractivity contribution in [3.05, 3.63) is 111 Å². The number of hydrogen-bond acceptors (Lipinski definition) is 6. The molecule has 3 N–H and O–H groups in total. The maximum Gasteiger partial charge on any atom is 0.270 e. The van der Waals surface area contributed by atoms with Gasteiger partial charge >= 0.3 is 0 Å². The van der Waals surface area contributed by atoms with Gasteiger partial charge in [-0.05, 0) is 29.3 Å². The number of nitro groups is 1. The summed E-state index contributed by atoms with van der Waals surface area (Å²) in [7, 11) is 0. The Hall–Kier alpha value is -5.05. The van der Waals surface area contributed by atoms with E-state index in [1.165, 1.54) is 24.3 Å². The van der Waals surface area contributed by atoms with Gasteiger partial charge in [-0.2, -0.15) is 0 Å². The number of fused-ring (bicyclic) bond motifs is 1. The second-order valence-electron chi connectivity index (χ2n) is 8.04. The molecule has 3 aromatic rings. The molecule has 0 aliphatic carbocycles. The van der Waals surface area contributed by atoms with Crippen LogP contribution in [0.15, 0.2) is 84.4 Å². The summed E-state index contributed by atoms with van der Waals surface area (Å²) in [5.41, 5.74) is 4.25. The van der Waals surface area contributed by atoms with Crippen LogP contribution in [0, 0.1) is 10.1 Å². The Morgan fingerprint density at radius 3 is 2.29 bits per heavy atom. The fourth-order valence-electron chi connectivity index (χ4n) is 4.05. The highest BCUT2D eigenvalue weighted by molar-refractivity contribution is 6.37. The Labute approximate surface area is 199 Å². The minimum Gasteiger partial charge on any atom is -0.354 e. The molecule has 2 aliphatic heterocycles. The lowest BCUT2D eigenvalue weighted by Gasteiger charge is -2.15. The molecule has 2 heterocycles. The number of imide groups is 1. The number of anilines is 2. The fourth-order valence-corrected chi connectivity index (χ4v) is 4.05. The summed E-state index contributed by atoms with van der Waals surface area (Å²) >= 11 is 0. The van der Waals surface area contributed by atoms with E-state index in [1.54, 1.807) is 12.1 Å². The van der Waals surface area contributed by atoms with Gasteiger partial charge in [0.25, 0.3) is 23.4 Å². The lowest BCUT2D eigenvalue weighted by molar-refractivity contribution is -0.384. The van der Waals surface area contributed by atoms with Crippen LogP contribution in [0.2, 0.25) is 0 Å². The Bertz CT molecular complexity index is 1460. The lowest BCUT2D eigenvalue weighted by atomic mass is 9.99. The number of carbonyl (C=O) groups excluding carboxylic acids is 3. The van der Waals surface area contributed by atoms with E-state index in [2.05, 4.69) is 16.0 Å². The molecule has 0 atom stereocenters. The zero-order valence-electron chi connectivity index (χ0n) is 18.2. The molecule has 3 amide bonds. The largest absolute Gasteiger partial charge is 0.354 e. The highest BCUT2D eigenvalue weighted by Gasteiger charge is 2.30. The summed E-state index contributed by atoms with van der Waals surface area (Å²) < 4.78 is 0. The van der Waals surface area contributed by atoms with E-state index >= 15 is 0 Å². The van der Waals surface area contributed by atoms with E-state index in [4.69, 9.17) is 0 Å². The van der Waals surface area contributed by atoms with Gasteiger partial charge in [0.2, 0.25) is 0 Å². The first-order chi connectivity index (χ1) is 16.9. The van der Waals surface area contributed by atoms with Crippen LogP contribution in [-0.4, -0.2) is 22.6 Å². The Morgan fingerprint density at radius 2 is 1.63 bits per heavy atom. The van der Waals surface area contributed by atoms with Crippen LogP contribution >= 0.6 is 0 Å². The van der Waals surface area contributed by atoms with E-state index in [0.29, 0.717) is 40.2 Å². The smallest absolute Gasteiger partial charge is 0.270 e. The lowest BCUT2D eigenvalue weighted by Crippen LogP contribution is -2.22. The van der Waals surface area contributed by atoms with Crippen molar-refractivity contribution in [3.8, 4) is 0 Å². The average Bonchev–Trinajstić information content (AvgIpc) is 3.35. The van der Waals surface area contributed by atoms with Gasteiger partial charge in [0.05, 0.1) is 16.2 Å². The number of nitro benzene ring substituents is 1. The van der Waals surface area contributed by atoms with Crippen molar-refractivity contribution in [1.29, 1.82) is 0 Å². The first kappa shape index (κ1) is 21.8.